The fourth-order valence-corrected chi connectivity index (χ4v) is 2.93. The van der Waals surface area contributed by atoms with Crippen LogP contribution in [-0.2, 0) is 6.54 Å². The zero-order valence-corrected chi connectivity index (χ0v) is 16.5. The Bertz CT molecular complexity index is 936. The summed E-state index contributed by atoms with van der Waals surface area (Å²) in [5.74, 6) is 1.79. The summed E-state index contributed by atoms with van der Waals surface area (Å²) in [6.07, 6.45) is 0. The maximum atomic E-state index is 12.6. The second-order valence-electron chi connectivity index (χ2n) is 6.37. The Morgan fingerprint density at radius 1 is 1.00 bits per heavy atom. The van der Waals surface area contributed by atoms with Crippen molar-refractivity contribution in [1.82, 2.24) is 5.32 Å². The van der Waals surface area contributed by atoms with Crippen molar-refractivity contribution >= 4 is 11.6 Å². The number of hydrogen-bond acceptors (Lipinski definition) is 5. The number of carbonyl (C=O) groups is 1. The van der Waals surface area contributed by atoms with Gasteiger partial charge in [0.1, 0.15) is 17.3 Å². The molecule has 6 heteroatoms. The smallest absolute Gasteiger partial charge is 0.291 e. The molecule has 1 amide bonds. The van der Waals surface area contributed by atoms with E-state index < -0.39 is 0 Å². The summed E-state index contributed by atoms with van der Waals surface area (Å²) in [4.78, 5) is 12.6. The van der Waals surface area contributed by atoms with E-state index in [9.17, 15) is 4.79 Å². The van der Waals surface area contributed by atoms with Gasteiger partial charge in [-0.25, -0.2) is 0 Å². The number of aryl methyl sites for hydroxylation is 1. The molecule has 28 heavy (non-hydrogen) atoms. The summed E-state index contributed by atoms with van der Waals surface area (Å²) < 4.78 is 16.6. The first-order chi connectivity index (χ1) is 13.5. The van der Waals surface area contributed by atoms with Crippen LogP contribution in [0.25, 0.3) is 11.3 Å². The van der Waals surface area contributed by atoms with Crippen LogP contribution in [-0.4, -0.2) is 27.2 Å². The first-order valence-corrected chi connectivity index (χ1v) is 8.93. The molecular formula is C22H24N2O4. The van der Waals surface area contributed by atoms with E-state index in [2.05, 4.69) is 10.6 Å². The van der Waals surface area contributed by atoms with Gasteiger partial charge in [0.05, 0.1) is 19.8 Å². The third kappa shape index (κ3) is 4.18. The molecule has 0 saturated carbocycles. The minimum atomic E-state index is -0.344. The van der Waals surface area contributed by atoms with Gasteiger partial charge in [-0.1, -0.05) is 29.8 Å². The highest BCUT2D eigenvalue weighted by Gasteiger charge is 2.16. The average molecular weight is 380 g/mol. The molecule has 0 atom stereocenters. The fourth-order valence-electron chi connectivity index (χ4n) is 2.93. The van der Waals surface area contributed by atoms with Crippen LogP contribution in [0, 0.1) is 6.92 Å². The maximum absolute atomic E-state index is 12.6. The van der Waals surface area contributed by atoms with Crippen molar-refractivity contribution in [3.8, 4) is 22.8 Å². The number of ether oxygens (including phenoxy) is 2. The second-order valence-corrected chi connectivity index (χ2v) is 6.37. The third-order valence-corrected chi connectivity index (χ3v) is 4.39. The SMILES string of the molecule is CNCc1c(OC)cc(NC(=O)c2ccc(-c3ccc(C)cc3)o2)cc1OC. The first kappa shape index (κ1) is 19.5. The molecule has 0 aliphatic carbocycles. The first-order valence-electron chi connectivity index (χ1n) is 8.93. The number of nitrogens with one attached hydrogen (secondary N) is 2. The average Bonchev–Trinajstić information content (AvgIpc) is 3.19. The molecule has 0 radical (unpaired) electrons. The highest BCUT2D eigenvalue weighted by Crippen LogP contribution is 2.33. The van der Waals surface area contributed by atoms with E-state index in [1.807, 2.05) is 38.2 Å². The Balaban J connectivity index is 1.82. The maximum Gasteiger partial charge on any atom is 0.291 e. The summed E-state index contributed by atoms with van der Waals surface area (Å²) >= 11 is 0. The van der Waals surface area contributed by atoms with Crippen LogP contribution >= 0.6 is 0 Å². The number of hydrogen-bond donors (Lipinski definition) is 2. The van der Waals surface area contributed by atoms with Crippen molar-refractivity contribution in [2.45, 2.75) is 13.5 Å². The van der Waals surface area contributed by atoms with E-state index >= 15 is 0 Å². The summed E-state index contributed by atoms with van der Waals surface area (Å²) in [6.45, 7) is 2.61. The summed E-state index contributed by atoms with van der Waals surface area (Å²) in [7, 11) is 5.01. The lowest BCUT2D eigenvalue weighted by molar-refractivity contribution is 0.0997. The van der Waals surface area contributed by atoms with Crippen LogP contribution in [0.5, 0.6) is 11.5 Å². The molecule has 0 unspecified atom stereocenters. The van der Waals surface area contributed by atoms with Crippen LogP contribution in [0.2, 0.25) is 0 Å². The lowest BCUT2D eigenvalue weighted by Crippen LogP contribution is -2.13. The number of anilines is 1. The van der Waals surface area contributed by atoms with E-state index in [0.717, 1.165) is 16.7 Å². The van der Waals surface area contributed by atoms with Crippen molar-refractivity contribution in [3.05, 3.63) is 65.4 Å². The Hall–Kier alpha value is -3.25. The standard InChI is InChI=1S/C22H24N2O4/c1-14-5-7-15(8-6-14)18-9-10-19(28-18)22(25)24-16-11-20(26-3)17(13-23-2)21(12-16)27-4/h5-12,23H,13H2,1-4H3,(H,24,25). The highest BCUT2D eigenvalue weighted by atomic mass is 16.5. The van der Waals surface area contributed by atoms with Gasteiger partial charge in [-0.05, 0) is 26.1 Å². The molecule has 2 N–H and O–H groups in total. The number of methoxy groups -OCH3 is 2. The molecule has 3 aromatic rings. The largest absolute Gasteiger partial charge is 0.496 e. The molecule has 1 aromatic heterocycles. The molecule has 3 rings (SSSR count). The van der Waals surface area contributed by atoms with Gasteiger partial charge in [0, 0.05) is 29.9 Å². The normalized spacial score (nSPS) is 10.6. The Labute approximate surface area is 164 Å². The molecule has 1 heterocycles. The predicted octanol–water partition coefficient (Wildman–Crippen LogP) is 4.24. The molecular weight excluding hydrogens is 356 g/mol. The predicted molar refractivity (Wildman–Crippen MR) is 109 cm³/mol. The van der Waals surface area contributed by atoms with Gasteiger partial charge in [0.2, 0.25) is 0 Å². The molecule has 0 bridgehead atoms. The van der Waals surface area contributed by atoms with E-state index in [1.54, 1.807) is 38.5 Å². The Morgan fingerprint density at radius 3 is 2.21 bits per heavy atom. The zero-order chi connectivity index (χ0) is 20.1. The van der Waals surface area contributed by atoms with Gasteiger partial charge >= 0.3 is 0 Å². The lowest BCUT2D eigenvalue weighted by Gasteiger charge is -2.15. The Kier molecular flexibility index (Phi) is 6.01. The fraction of sp³-hybridized carbons (Fsp3) is 0.227. The summed E-state index contributed by atoms with van der Waals surface area (Å²) in [6, 6.07) is 14.9. The number of benzene rings is 2. The van der Waals surface area contributed by atoms with E-state index in [-0.39, 0.29) is 11.7 Å². The van der Waals surface area contributed by atoms with Crippen LogP contribution in [0.1, 0.15) is 21.7 Å². The van der Waals surface area contributed by atoms with E-state index in [1.165, 1.54) is 0 Å². The summed E-state index contributed by atoms with van der Waals surface area (Å²) in [5, 5.41) is 5.92. The molecule has 0 saturated heterocycles. The number of rotatable bonds is 7. The Morgan fingerprint density at radius 2 is 1.64 bits per heavy atom. The molecule has 0 aliphatic rings. The molecule has 0 aliphatic heterocycles. The van der Waals surface area contributed by atoms with Crippen molar-refractivity contribution in [2.75, 3.05) is 26.6 Å². The minimum absolute atomic E-state index is 0.229. The van der Waals surface area contributed by atoms with Crippen molar-refractivity contribution in [3.63, 3.8) is 0 Å². The van der Waals surface area contributed by atoms with Crippen molar-refractivity contribution in [1.29, 1.82) is 0 Å². The third-order valence-electron chi connectivity index (χ3n) is 4.39. The van der Waals surface area contributed by atoms with Gasteiger partial charge in [0.25, 0.3) is 5.91 Å². The number of furan rings is 1. The molecule has 146 valence electrons. The van der Waals surface area contributed by atoms with Crippen LogP contribution in [0.4, 0.5) is 5.69 Å². The molecule has 2 aromatic carbocycles. The molecule has 0 fully saturated rings. The summed E-state index contributed by atoms with van der Waals surface area (Å²) in [5.41, 5.74) is 3.53. The topological polar surface area (TPSA) is 72.7 Å². The van der Waals surface area contributed by atoms with E-state index in [4.69, 9.17) is 13.9 Å². The molecule has 0 spiro atoms. The van der Waals surface area contributed by atoms with Crippen LogP contribution < -0.4 is 20.1 Å². The lowest BCUT2D eigenvalue weighted by atomic mass is 10.1. The number of amides is 1. The van der Waals surface area contributed by atoms with Gasteiger partial charge in [-0.3, -0.25) is 4.79 Å². The highest BCUT2D eigenvalue weighted by molar-refractivity contribution is 6.02. The number of carbonyl (C=O) groups excluding carboxylic acids is 1. The second kappa shape index (κ2) is 8.63. The van der Waals surface area contributed by atoms with Crippen molar-refractivity contribution < 1.29 is 18.7 Å². The zero-order valence-electron chi connectivity index (χ0n) is 16.5. The molecule has 6 nitrogen and oxygen atoms in total. The van der Waals surface area contributed by atoms with Gasteiger partial charge in [-0.15, -0.1) is 0 Å². The van der Waals surface area contributed by atoms with Crippen molar-refractivity contribution in [2.24, 2.45) is 0 Å². The van der Waals surface area contributed by atoms with E-state index in [0.29, 0.717) is 29.5 Å². The minimum Gasteiger partial charge on any atom is -0.496 e. The quantitative estimate of drug-likeness (QED) is 0.641. The monoisotopic (exact) mass is 380 g/mol. The van der Waals surface area contributed by atoms with Crippen LogP contribution in [0.3, 0.4) is 0 Å². The van der Waals surface area contributed by atoms with Gasteiger partial charge in [0.15, 0.2) is 5.76 Å². The van der Waals surface area contributed by atoms with Crippen LogP contribution in [0.15, 0.2) is 52.9 Å². The van der Waals surface area contributed by atoms with Gasteiger partial charge < -0.3 is 24.5 Å². The van der Waals surface area contributed by atoms with Gasteiger partial charge in [-0.2, -0.15) is 0 Å².